The van der Waals surface area contributed by atoms with Crippen LogP contribution in [0.1, 0.15) is 30.1 Å². The number of rotatable bonds is 6. The Kier molecular flexibility index (Phi) is 5.95. The summed E-state index contributed by atoms with van der Waals surface area (Å²) in [6.07, 6.45) is 1.21. The lowest BCUT2D eigenvalue weighted by Crippen LogP contribution is -2.46. The zero-order chi connectivity index (χ0) is 18.6. The molecule has 140 valence electrons. The molecule has 1 aromatic carbocycles. The number of thiophene rings is 1. The third-order valence-corrected chi connectivity index (χ3v) is 7.19. The number of amides is 1. The van der Waals surface area contributed by atoms with Crippen LogP contribution in [0.3, 0.4) is 0 Å². The number of sulfonamides is 1. The molecule has 1 saturated heterocycles. The van der Waals surface area contributed by atoms with E-state index in [2.05, 4.69) is 4.72 Å². The number of nitrogens with one attached hydrogen (secondary N) is 1. The highest BCUT2D eigenvalue weighted by Gasteiger charge is 2.27. The molecule has 3 rings (SSSR count). The van der Waals surface area contributed by atoms with Crippen molar-refractivity contribution in [2.75, 3.05) is 19.7 Å². The second-order valence-electron chi connectivity index (χ2n) is 6.08. The molecule has 2 aromatic rings. The highest BCUT2D eigenvalue weighted by atomic mass is 32.2. The van der Waals surface area contributed by atoms with Gasteiger partial charge >= 0.3 is 0 Å². The van der Waals surface area contributed by atoms with Gasteiger partial charge in [-0.15, -0.1) is 11.3 Å². The fourth-order valence-electron chi connectivity index (χ4n) is 2.94. The average Bonchev–Trinajstić information content (AvgIpc) is 3.18. The summed E-state index contributed by atoms with van der Waals surface area (Å²) in [6, 6.07) is 10.3. The smallest absolute Gasteiger partial charge is 0.253 e. The van der Waals surface area contributed by atoms with Crippen molar-refractivity contribution in [2.24, 2.45) is 0 Å². The number of hydrogen-bond donors (Lipinski definition) is 1. The molecule has 1 aliphatic rings. The van der Waals surface area contributed by atoms with Crippen LogP contribution in [0.2, 0.25) is 0 Å². The number of likely N-dealkylation sites (tertiary alicyclic amines) is 1. The minimum atomic E-state index is -3.47. The maximum atomic E-state index is 12.6. The van der Waals surface area contributed by atoms with Crippen LogP contribution < -0.4 is 9.46 Å². The SMILES string of the molecule is CCOc1ccc(C(=O)N2CCC(NS(=O)(=O)c3cccs3)CC2)cc1. The number of carbonyl (C=O) groups excluding carboxylic acids is 1. The van der Waals surface area contributed by atoms with Gasteiger partial charge in [0.1, 0.15) is 9.96 Å². The Labute approximate surface area is 157 Å². The molecule has 0 radical (unpaired) electrons. The van der Waals surface area contributed by atoms with Gasteiger partial charge in [-0.3, -0.25) is 4.79 Å². The Morgan fingerprint density at radius 3 is 2.50 bits per heavy atom. The Balaban J connectivity index is 1.55. The molecule has 2 heterocycles. The second-order valence-corrected chi connectivity index (χ2v) is 8.97. The molecule has 0 saturated carbocycles. The molecule has 0 spiro atoms. The van der Waals surface area contributed by atoms with E-state index in [4.69, 9.17) is 4.74 Å². The summed E-state index contributed by atoms with van der Waals surface area (Å²) < 4.78 is 33.0. The molecule has 1 aliphatic heterocycles. The van der Waals surface area contributed by atoms with Crippen molar-refractivity contribution in [3.05, 3.63) is 47.3 Å². The minimum absolute atomic E-state index is 0.0346. The van der Waals surface area contributed by atoms with Crippen LogP contribution in [-0.4, -0.2) is 45.0 Å². The predicted molar refractivity (Wildman–Crippen MR) is 101 cm³/mol. The third kappa shape index (κ3) is 4.44. The van der Waals surface area contributed by atoms with E-state index in [1.165, 1.54) is 11.3 Å². The number of carbonyl (C=O) groups is 1. The molecular weight excluding hydrogens is 372 g/mol. The Hall–Kier alpha value is -1.90. The molecule has 1 N–H and O–H groups in total. The number of benzene rings is 1. The number of piperidine rings is 1. The first-order valence-corrected chi connectivity index (χ1v) is 10.9. The van der Waals surface area contributed by atoms with E-state index in [1.807, 2.05) is 6.92 Å². The Morgan fingerprint density at radius 1 is 1.23 bits per heavy atom. The molecule has 0 aliphatic carbocycles. The van der Waals surface area contributed by atoms with E-state index in [1.54, 1.807) is 46.7 Å². The van der Waals surface area contributed by atoms with Crippen molar-refractivity contribution in [3.8, 4) is 5.75 Å². The van der Waals surface area contributed by atoms with Gasteiger partial charge in [-0.2, -0.15) is 0 Å². The van der Waals surface area contributed by atoms with Gasteiger partial charge in [0, 0.05) is 24.7 Å². The molecule has 0 atom stereocenters. The lowest BCUT2D eigenvalue weighted by molar-refractivity contribution is 0.0711. The number of nitrogens with zero attached hydrogens (tertiary/aromatic N) is 1. The van der Waals surface area contributed by atoms with E-state index in [0.717, 1.165) is 5.75 Å². The van der Waals surface area contributed by atoms with Crippen LogP contribution >= 0.6 is 11.3 Å². The van der Waals surface area contributed by atoms with Gasteiger partial charge in [0.05, 0.1) is 6.61 Å². The van der Waals surface area contributed by atoms with Crippen molar-refractivity contribution in [1.82, 2.24) is 9.62 Å². The summed E-state index contributed by atoms with van der Waals surface area (Å²) in [4.78, 5) is 14.4. The predicted octanol–water partition coefficient (Wildman–Crippen LogP) is 2.73. The fourth-order valence-corrected chi connectivity index (χ4v) is 5.25. The summed E-state index contributed by atoms with van der Waals surface area (Å²) in [5.74, 6) is 0.707. The van der Waals surface area contributed by atoms with Crippen molar-refractivity contribution in [3.63, 3.8) is 0 Å². The number of ether oxygens (including phenoxy) is 1. The third-order valence-electron chi connectivity index (χ3n) is 4.28. The fraction of sp³-hybridized carbons (Fsp3) is 0.389. The minimum Gasteiger partial charge on any atom is -0.494 e. The van der Waals surface area contributed by atoms with Crippen LogP contribution in [0.15, 0.2) is 46.0 Å². The lowest BCUT2D eigenvalue weighted by atomic mass is 10.0. The highest BCUT2D eigenvalue weighted by Crippen LogP contribution is 2.20. The van der Waals surface area contributed by atoms with Gasteiger partial charge in [0.15, 0.2) is 0 Å². The zero-order valence-corrected chi connectivity index (χ0v) is 16.2. The van der Waals surface area contributed by atoms with Gasteiger partial charge in [-0.25, -0.2) is 13.1 Å². The number of hydrogen-bond acceptors (Lipinski definition) is 5. The van der Waals surface area contributed by atoms with E-state index in [9.17, 15) is 13.2 Å². The van der Waals surface area contributed by atoms with Crippen LogP contribution in [0.25, 0.3) is 0 Å². The highest BCUT2D eigenvalue weighted by molar-refractivity contribution is 7.91. The molecule has 1 amide bonds. The normalized spacial score (nSPS) is 15.8. The van der Waals surface area contributed by atoms with Gasteiger partial charge in [-0.05, 0) is 55.5 Å². The summed E-state index contributed by atoms with van der Waals surface area (Å²) in [5.41, 5.74) is 0.617. The Morgan fingerprint density at radius 2 is 1.92 bits per heavy atom. The summed E-state index contributed by atoms with van der Waals surface area (Å²) in [5, 5.41) is 1.74. The van der Waals surface area contributed by atoms with Crippen molar-refractivity contribution in [2.45, 2.75) is 30.0 Å². The van der Waals surface area contributed by atoms with Crippen molar-refractivity contribution >= 4 is 27.3 Å². The second kappa shape index (κ2) is 8.20. The van der Waals surface area contributed by atoms with Crippen LogP contribution in [-0.2, 0) is 10.0 Å². The molecule has 6 nitrogen and oxygen atoms in total. The van der Waals surface area contributed by atoms with Crippen LogP contribution in [0.4, 0.5) is 0 Å². The quantitative estimate of drug-likeness (QED) is 0.817. The van der Waals surface area contributed by atoms with Gasteiger partial charge in [0.2, 0.25) is 10.0 Å². The van der Waals surface area contributed by atoms with Gasteiger partial charge in [0.25, 0.3) is 5.91 Å². The van der Waals surface area contributed by atoms with Gasteiger partial charge in [-0.1, -0.05) is 6.07 Å². The summed E-state index contributed by atoms with van der Waals surface area (Å²) in [6.45, 7) is 3.56. The van der Waals surface area contributed by atoms with E-state index >= 15 is 0 Å². The van der Waals surface area contributed by atoms with E-state index < -0.39 is 10.0 Å². The first-order chi connectivity index (χ1) is 12.5. The van der Waals surface area contributed by atoms with Crippen LogP contribution in [0.5, 0.6) is 5.75 Å². The topological polar surface area (TPSA) is 75.7 Å². The lowest BCUT2D eigenvalue weighted by Gasteiger charge is -2.32. The van der Waals surface area contributed by atoms with Crippen molar-refractivity contribution in [1.29, 1.82) is 0 Å². The zero-order valence-electron chi connectivity index (χ0n) is 14.6. The molecular formula is C18H22N2O4S2. The summed E-state index contributed by atoms with van der Waals surface area (Å²) in [7, 11) is -3.47. The van der Waals surface area contributed by atoms with Gasteiger partial charge < -0.3 is 9.64 Å². The maximum Gasteiger partial charge on any atom is 0.253 e. The molecule has 0 bridgehead atoms. The molecule has 0 unspecified atom stereocenters. The Bertz CT molecular complexity index is 825. The largest absolute Gasteiger partial charge is 0.494 e. The monoisotopic (exact) mass is 394 g/mol. The maximum absolute atomic E-state index is 12.6. The first kappa shape index (κ1) is 18.9. The van der Waals surface area contributed by atoms with E-state index in [-0.39, 0.29) is 11.9 Å². The molecule has 1 fully saturated rings. The molecule has 8 heteroatoms. The standard InChI is InChI=1S/C18H22N2O4S2/c1-2-24-16-7-5-14(6-8-16)18(21)20-11-9-15(10-12-20)19-26(22,23)17-4-3-13-25-17/h3-8,13,15,19H,2,9-12H2,1H3. The average molecular weight is 395 g/mol. The van der Waals surface area contributed by atoms with E-state index in [0.29, 0.717) is 42.3 Å². The molecule has 26 heavy (non-hydrogen) atoms. The summed E-state index contributed by atoms with van der Waals surface area (Å²) >= 11 is 1.20. The van der Waals surface area contributed by atoms with Crippen molar-refractivity contribution < 1.29 is 17.9 Å². The molecule has 1 aromatic heterocycles. The first-order valence-electron chi connectivity index (χ1n) is 8.57. The van der Waals surface area contributed by atoms with Crippen LogP contribution in [0, 0.1) is 0 Å².